The van der Waals surface area contributed by atoms with Crippen molar-refractivity contribution in [2.24, 2.45) is 5.92 Å². The number of aromatic nitrogens is 2. The molecule has 0 radical (unpaired) electrons. The van der Waals surface area contributed by atoms with Crippen LogP contribution in [0.2, 0.25) is 0 Å². The summed E-state index contributed by atoms with van der Waals surface area (Å²) in [5.74, 6) is 0.433. The third-order valence-corrected chi connectivity index (χ3v) is 3.70. The lowest BCUT2D eigenvalue weighted by molar-refractivity contribution is -0.0672. The highest BCUT2D eigenvalue weighted by Crippen LogP contribution is 2.10. The SMILES string of the molecule is CC(C)Cc1cc(C(=O)NCCN2CC(C)OC(C)C2)n[nH]1. The minimum absolute atomic E-state index is 0.111. The fourth-order valence-electron chi connectivity index (χ4n) is 2.91. The molecule has 0 spiro atoms. The molecule has 1 fully saturated rings. The molecule has 2 unspecified atom stereocenters. The van der Waals surface area contributed by atoms with Crippen molar-refractivity contribution in [3.05, 3.63) is 17.5 Å². The Morgan fingerprint density at radius 3 is 2.77 bits per heavy atom. The molecule has 1 saturated heterocycles. The third kappa shape index (κ3) is 5.10. The van der Waals surface area contributed by atoms with Crippen LogP contribution in [0.5, 0.6) is 0 Å². The van der Waals surface area contributed by atoms with Gasteiger partial charge in [0.1, 0.15) is 5.69 Å². The van der Waals surface area contributed by atoms with Gasteiger partial charge in [-0.05, 0) is 32.3 Å². The second-order valence-electron chi connectivity index (χ2n) is 6.65. The average Bonchev–Trinajstić information content (AvgIpc) is 2.85. The summed E-state index contributed by atoms with van der Waals surface area (Å²) >= 11 is 0. The van der Waals surface area contributed by atoms with Crippen molar-refractivity contribution in [1.29, 1.82) is 0 Å². The standard InChI is InChI=1S/C16H28N4O2/c1-11(2)7-14-8-15(19-18-14)16(21)17-5-6-20-9-12(3)22-13(4)10-20/h8,11-13H,5-7,9-10H2,1-4H3,(H,17,21)(H,18,19). The van der Waals surface area contributed by atoms with Crippen molar-refractivity contribution in [2.75, 3.05) is 26.2 Å². The van der Waals surface area contributed by atoms with Gasteiger partial charge in [0.2, 0.25) is 0 Å². The zero-order valence-electron chi connectivity index (χ0n) is 14.1. The molecule has 0 aliphatic carbocycles. The highest BCUT2D eigenvalue weighted by Gasteiger charge is 2.21. The minimum atomic E-state index is -0.111. The van der Waals surface area contributed by atoms with Gasteiger partial charge in [0, 0.05) is 31.9 Å². The predicted octanol–water partition coefficient (Wildman–Crippen LogP) is 1.45. The van der Waals surface area contributed by atoms with Crippen LogP contribution in [-0.2, 0) is 11.2 Å². The van der Waals surface area contributed by atoms with Crippen LogP contribution in [0.3, 0.4) is 0 Å². The maximum atomic E-state index is 12.1. The molecule has 0 aromatic carbocycles. The molecule has 22 heavy (non-hydrogen) atoms. The molecule has 2 N–H and O–H groups in total. The normalized spacial score (nSPS) is 23.0. The number of hydrogen-bond acceptors (Lipinski definition) is 4. The van der Waals surface area contributed by atoms with Crippen LogP contribution in [-0.4, -0.2) is 59.4 Å². The van der Waals surface area contributed by atoms with Gasteiger partial charge >= 0.3 is 0 Å². The van der Waals surface area contributed by atoms with Gasteiger partial charge in [-0.1, -0.05) is 13.8 Å². The molecule has 2 rings (SSSR count). The number of ether oxygens (including phenoxy) is 1. The lowest BCUT2D eigenvalue weighted by Crippen LogP contribution is -2.47. The number of amides is 1. The Morgan fingerprint density at radius 1 is 1.45 bits per heavy atom. The van der Waals surface area contributed by atoms with Crippen molar-refractivity contribution < 1.29 is 9.53 Å². The van der Waals surface area contributed by atoms with Gasteiger partial charge in [0.15, 0.2) is 0 Å². The fraction of sp³-hybridized carbons (Fsp3) is 0.750. The Balaban J connectivity index is 1.74. The molecule has 1 aromatic heterocycles. The topological polar surface area (TPSA) is 70.2 Å². The van der Waals surface area contributed by atoms with E-state index in [2.05, 4.69) is 48.1 Å². The molecular weight excluding hydrogens is 280 g/mol. The molecule has 6 heteroatoms. The molecule has 1 amide bonds. The van der Waals surface area contributed by atoms with Crippen LogP contribution in [0.25, 0.3) is 0 Å². The molecule has 1 aliphatic heterocycles. The number of H-pyrrole nitrogens is 1. The molecule has 0 saturated carbocycles. The number of nitrogens with zero attached hydrogens (tertiary/aromatic N) is 2. The Morgan fingerprint density at radius 2 is 2.14 bits per heavy atom. The van der Waals surface area contributed by atoms with E-state index in [0.717, 1.165) is 31.7 Å². The van der Waals surface area contributed by atoms with Gasteiger partial charge in [0.05, 0.1) is 12.2 Å². The summed E-state index contributed by atoms with van der Waals surface area (Å²) in [4.78, 5) is 14.4. The smallest absolute Gasteiger partial charge is 0.271 e. The van der Waals surface area contributed by atoms with Gasteiger partial charge in [-0.15, -0.1) is 0 Å². The van der Waals surface area contributed by atoms with E-state index in [-0.39, 0.29) is 18.1 Å². The van der Waals surface area contributed by atoms with Crippen LogP contribution in [0.1, 0.15) is 43.9 Å². The van der Waals surface area contributed by atoms with E-state index in [1.165, 1.54) is 0 Å². The number of nitrogens with one attached hydrogen (secondary N) is 2. The zero-order chi connectivity index (χ0) is 16.1. The number of carbonyl (C=O) groups is 1. The van der Waals surface area contributed by atoms with Crippen molar-refractivity contribution in [3.63, 3.8) is 0 Å². The summed E-state index contributed by atoms with van der Waals surface area (Å²) in [5, 5.41) is 9.96. The summed E-state index contributed by atoms with van der Waals surface area (Å²) in [6.45, 7) is 11.8. The highest BCUT2D eigenvalue weighted by molar-refractivity contribution is 5.92. The predicted molar refractivity (Wildman–Crippen MR) is 85.9 cm³/mol. The van der Waals surface area contributed by atoms with Gasteiger partial charge in [0.25, 0.3) is 5.91 Å². The number of carbonyl (C=O) groups excluding carboxylic acids is 1. The lowest BCUT2D eigenvalue weighted by Gasteiger charge is -2.35. The van der Waals surface area contributed by atoms with Crippen molar-refractivity contribution in [1.82, 2.24) is 20.4 Å². The molecule has 124 valence electrons. The first-order valence-electron chi connectivity index (χ1n) is 8.14. The number of hydrogen-bond donors (Lipinski definition) is 2. The quantitative estimate of drug-likeness (QED) is 0.834. The molecule has 1 aromatic rings. The zero-order valence-corrected chi connectivity index (χ0v) is 14.1. The van der Waals surface area contributed by atoms with Gasteiger partial charge < -0.3 is 10.1 Å². The van der Waals surface area contributed by atoms with Gasteiger partial charge in [-0.3, -0.25) is 14.8 Å². The maximum absolute atomic E-state index is 12.1. The van der Waals surface area contributed by atoms with Crippen molar-refractivity contribution in [3.8, 4) is 0 Å². The van der Waals surface area contributed by atoms with E-state index in [4.69, 9.17) is 4.74 Å². The Labute approximate surface area is 132 Å². The number of rotatable bonds is 6. The molecular formula is C16H28N4O2. The van der Waals surface area contributed by atoms with Crippen molar-refractivity contribution >= 4 is 5.91 Å². The highest BCUT2D eigenvalue weighted by atomic mass is 16.5. The third-order valence-electron chi connectivity index (χ3n) is 3.70. The number of morpholine rings is 1. The van der Waals surface area contributed by atoms with Gasteiger partial charge in [-0.25, -0.2) is 0 Å². The van der Waals surface area contributed by atoms with Crippen LogP contribution >= 0.6 is 0 Å². The van der Waals surface area contributed by atoms with Crippen LogP contribution in [0.15, 0.2) is 6.07 Å². The maximum Gasteiger partial charge on any atom is 0.271 e. The summed E-state index contributed by atoms with van der Waals surface area (Å²) in [7, 11) is 0. The second-order valence-corrected chi connectivity index (χ2v) is 6.65. The first-order chi connectivity index (χ1) is 10.4. The first-order valence-corrected chi connectivity index (χ1v) is 8.14. The second kappa shape index (κ2) is 7.74. The Kier molecular flexibility index (Phi) is 5.97. The van der Waals surface area contributed by atoms with Crippen LogP contribution < -0.4 is 5.32 Å². The largest absolute Gasteiger partial charge is 0.373 e. The lowest BCUT2D eigenvalue weighted by atomic mass is 10.1. The molecule has 0 bridgehead atoms. The number of aromatic amines is 1. The van der Waals surface area contributed by atoms with Gasteiger partial charge in [-0.2, -0.15) is 5.10 Å². The van der Waals surface area contributed by atoms with Crippen LogP contribution in [0, 0.1) is 5.92 Å². The fourth-order valence-corrected chi connectivity index (χ4v) is 2.91. The molecule has 2 atom stereocenters. The van der Waals surface area contributed by atoms with E-state index in [1.807, 2.05) is 6.07 Å². The minimum Gasteiger partial charge on any atom is -0.373 e. The van der Waals surface area contributed by atoms with E-state index in [1.54, 1.807) is 0 Å². The summed E-state index contributed by atoms with van der Waals surface area (Å²) in [6.07, 6.45) is 1.41. The molecule has 1 aliphatic rings. The monoisotopic (exact) mass is 308 g/mol. The Bertz CT molecular complexity index is 476. The van der Waals surface area contributed by atoms with Crippen LogP contribution in [0.4, 0.5) is 0 Å². The first kappa shape index (κ1) is 17.0. The Hall–Kier alpha value is -1.40. The van der Waals surface area contributed by atoms with E-state index < -0.39 is 0 Å². The van der Waals surface area contributed by atoms with E-state index in [0.29, 0.717) is 18.2 Å². The molecule has 2 heterocycles. The summed E-state index contributed by atoms with van der Waals surface area (Å²) < 4.78 is 5.70. The van der Waals surface area contributed by atoms with E-state index >= 15 is 0 Å². The average molecular weight is 308 g/mol. The van der Waals surface area contributed by atoms with E-state index in [9.17, 15) is 4.79 Å². The van der Waals surface area contributed by atoms with Crippen molar-refractivity contribution in [2.45, 2.75) is 46.3 Å². The summed E-state index contributed by atoms with van der Waals surface area (Å²) in [5.41, 5.74) is 1.48. The summed E-state index contributed by atoms with van der Waals surface area (Å²) in [6, 6.07) is 1.84. The molecule has 6 nitrogen and oxygen atoms in total.